The number of aliphatic hydroxyl groups is 1. The van der Waals surface area contributed by atoms with Gasteiger partial charge in [0.25, 0.3) is 0 Å². The van der Waals surface area contributed by atoms with Gasteiger partial charge in [-0.25, -0.2) is 0 Å². The van der Waals surface area contributed by atoms with Gasteiger partial charge in [-0.3, -0.25) is 4.57 Å². The Labute approximate surface area is 226 Å². The molecule has 1 saturated heterocycles. The molecule has 3 atom stereocenters. The molecule has 1 aliphatic carbocycles. The maximum Gasteiger partial charge on any atom is 0.205 e. The summed E-state index contributed by atoms with van der Waals surface area (Å²) in [4.78, 5) is 0. The van der Waals surface area contributed by atoms with E-state index in [1.165, 1.54) is 22.1 Å². The van der Waals surface area contributed by atoms with Crippen molar-refractivity contribution < 1.29 is 24.8 Å². The Bertz CT molecular complexity index is 1680. The zero-order valence-electron chi connectivity index (χ0n) is 21.8. The number of aromatic nitrogens is 1. The van der Waals surface area contributed by atoms with Crippen molar-refractivity contribution in [3.05, 3.63) is 82.4 Å². The summed E-state index contributed by atoms with van der Waals surface area (Å²) < 4.78 is 14.2. The van der Waals surface area contributed by atoms with Gasteiger partial charge < -0.3 is 24.8 Å². The zero-order chi connectivity index (χ0) is 26.9. The van der Waals surface area contributed by atoms with Crippen molar-refractivity contribution in [2.45, 2.75) is 62.8 Å². The Morgan fingerprint density at radius 3 is 2.59 bits per heavy atom. The molecule has 2 aliphatic heterocycles. The molecule has 3 heterocycles. The number of ether oxygens (including phenoxy) is 2. The lowest BCUT2D eigenvalue weighted by Gasteiger charge is -2.27. The number of aliphatic hydroxyl groups excluding tert-OH is 1. The molecule has 3 aliphatic rings. The summed E-state index contributed by atoms with van der Waals surface area (Å²) in [6.07, 6.45) is 4.26. The molecule has 2 bridgehead atoms. The average Bonchev–Trinajstić information content (AvgIpc) is 3.49. The van der Waals surface area contributed by atoms with E-state index in [9.17, 15) is 20.6 Å². The third kappa shape index (κ3) is 3.28. The minimum absolute atomic E-state index is 0.120. The van der Waals surface area contributed by atoms with E-state index in [2.05, 4.69) is 12.1 Å². The highest BCUT2D eigenvalue weighted by atomic mass is 16.6. The molecule has 1 fully saturated rings. The highest BCUT2D eigenvalue weighted by Crippen LogP contribution is 2.65. The molecule has 0 radical (unpaired) electrons. The van der Waals surface area contributed by atoms with Crippen molar-refractivity contribution in [1.82, 2.24) is 4.57 Å². The van der Waals surface area contributed by atoms with E-state index in [4.69, 9.17) is 9.47 Å². The molecule has 3 N–H and O–H groups in total. The van der Waals surface area contributed by atoms with Crippen LogP contribution in [-0.2, 0) is 28.8 Å². The van der Waals surface area contributed by atoms with Gasteiger partial charge in [0.1, 0.15) is 17.0 Å². The second kappa shape index (κ2) is 8.51. The van der Waals surface area contributed by atoms with E-state index in [1.54, 1.807) is 19.1 Å². The van der Waals surface area contributed by atoms with Crippen LogP contribution in [-0.4, -0.2) is 32.6 Å². The van der Waals surface area contributed by atoms with Crippen molar-refractivity contribution in [2.24, 2.45) is 0 Å². The molecular weight excluding hydrogens is 492 g/mol. The molecule has 39 heavy (non-hydrogen) atoms. The summed E-state index contributed by atoms with van der Waals surface area (Å²) in [5.74, 6) is 0.598. The van der Waals surface area contributed by atoms with Gasteiger partial charge in [0.2, 0.25) is 11.8 Å². The minimum atomic E-state index is -1.17. The lowest BCUT2D eigenvalue weighted by Crippen LogP contribution is -2.33. The van der Waals surface area contributed by atoms with E-state index in [-0.39, 0.29) is 18.2 Å². The van der Waals surface area contributed by atoms with Crippen LogP contribution in [0.25, 0.3) is 16.5 Å². The minimum Gasteiger partial charge on any atom is -0.494 e. The fourth-order valence-corrected chi connectivity index (χ4v) is 7.13. The first kappa shape index (κ1) is 24.1. The number of rotatable bonds is 5. The largest absolute Gasteiger partial charge is 0.494 e. The Kier molecular flexibility index (Phi) is 5.25. The summed E-state index contributed by atoms with van der Waals surface area (Å²) in [5, 5.41) is 45.3. The fourth-order valence-electron chi connectivity index (χ4n) is 7.13. The summed E-state index contributed by atoms with van der Waals surface area (Å²) >= 11 is 0. The predicted octanol–water partition coefficient (Wildman–Crippen LogP) is 5.47. The molecule has 3 aromatic carbocycles. The summed E-state index contributed by atoms with van der Waals surface area (Å²) in [7, 11) is 0. The molecule has 7 rings (SSSR count). The predicted molar refractivity (Wildman–Crippen MR) is 145 cm³/mol. The lowest BCUT2D eigenvalue weighted by molar-refractivity contribution is -0.107. The SMILES string of the molecule is C[C@]12O[C@](CCOc3cccc4c3CCCC4)(CC1O)c1c2c(O)n(-c2ccc(C#N)c3ccccc23)c1O. The third-order valence-electron chi connectivity index (χ3n) is 9.02. The van der Waals surface area contributed by atoms with Gasteiger partial charge in [-0.05, 0) is 61.9 Å². The number of nitrogens with zero attached hydrogens (tertiary/aromatic N) is 2. The fraction of sp³-hybridized carbons (Fsp3) is 0.344. The molecule has 4 aromatic rings. The Morgan fingerprint density at radius 1 is 1.00 bits per heavy atom. The monoisotopic (exact) mass is 522 g/mol. The van der Waals surface area contributed by atoms with Gasteiger partial charge in [0.15, 0.2) is 0 Å². The van der Waals surface area contributed by atoms with Crippen molar-refractivity contribution >= 4 is 10.8 Å². The summed E-state index contributed by atoms with van der Waals surface area (Å²) in [6, 6.07) is 19.3. The Morgan fingerprint density at radius 2 is 1.77 bits per heavy atom. The first-order chi connectivity index (χ1) is 18.9. The average molecular weight is 523 g/mol. The lowest BCUT2D eigenvalue weighted by atomic mass is 9.76. The van der Waals surface area contributed by atoms with E-state index < -0.39 is 17.3 Å². The summed E-state index contributed by atoms with van der Waals surface area (Å²) in [5.41, 5.74) is 2.40. The second-order valence-electron chi connectivity index (χ2n) is 11.1. The van der Waals surface area contributed by atoms with E-state index in [0.717, 1.165) is 35.8 Å². The van der Waals surface area contributed by atoms with E-state index in [0.29, 0.717) is 35.4 Å². The molecule has 7 heteroatoms. The molecular formula is C32H30N2O5. The van der Waals surface area contributed by atoms with Crippen LogP contribution < -0.4 is 4.74 Å². The number of aromatic hydroxyl groups is 2. The molecule has 0 saturated carbocycles. The van der Waals surface area contributed by atoms with Crippen LogP contribution in [0.2, 0.25) is 0 Å². The normalized spacial score (nSPS) is 24.9. The van der Waals surface area contributed by atoms with Crippen LogP contribution in [0, 0.1) is 11.3 Å². The van der Waals surface area contributed by atoms with Crippen LogP contribution in [0.3, 0.4) is 0 Å². The topological polar surface area (TPSA) is 108 Å². The summed E-state index contributed by atoms with van der Waals surface area (Å²) in [6.45, 7) is 2.10. The Balaban J connectivity index is 1.29. The standard InChI is InChI=1S/C32H30N2O5/c1-31-26(35)17-32(39-31,15-16-38-25-12-6-8-19-7-2-3-10-22(19)25)28-27(31)29(36)34(30(28)37)24-14-13-20(18-33)21-9-4-5-11-23(21)24/h4-6,8-9,11-14,26,35-37H,2-3,7,10,15-17H2,1H3/t26?,31-,32+/m0/s1. The third-order valence-corrected chi connectivity index (χ3v) is 9.02. The number of fused-ring (bicyclic) bond motifs is 7. The van der Waals surface area contributed by atoms with Gasteiger partial charge in [-0.1, -0.05) is 36.4 Å². The van der Waals surface area contributed by atoms with Crippen molar-refractivity contribution in [3.63, 3.8) is 0 Å². The van der Waals surface area contributed by atoms with Gasteiger partial charge in [-0.2, -0.15) is 5.26 Å². The van der Waals surface area contributed by atoms with Crippen molar-refractivity contribution in [1.29, 1.82) is 5.26 Å². The molecule has 0 spiro atoms. The quantitative estimate of drug-likeness (QED) is 0.321. The number of benzene rings is 3. The van der Waals surface area contributed by atoms with Gasteiger partial charge in [0.05, 0.1) is 41.2 Å². The van der Waals surface area contributed by atoms with E-state index in [1.807, 2.05) is 36.4 Å². The molecule has 7 nitrogen and oxygen atoms in total. The number of hydrogen-bond acceptors (Lipinski definition) is 6. The van der Waals surface area contributed by atoms with Gasteiger partial charge in [0, 0.05) is 23.6 Å². The highest BCUT2D eigenvalue weighted by Gasteiger charge is 2.66. The number of aryl methyl sites for hydroxylation is 1. The first-order valence-corrected chi connectivity index (χ1v) is 13.6. The maximum atomic E-state index is 11.7. The van der Waals surface area contributed by atoms with Crippen LogP contribution in [0.1, 0.15) is 60.4 Å². The van der Waals surface area contributed by atoms with Gasteiger partial charge >= 0.3 is 0 Å². The van der Waals surface area contributed by atoms with Crippen LogP contribution in [0.15, 0.2) is 54.6 Å². The Hall–Kier alpha value is -3.99. The molecule has 1 aromatic heterocycles. The molecule has 1 unspecified atom stereocenters. The van der Waals surface area contributed by atoms with Crippen LogP contribution >= 0.6 is 0 Å². The number of hydrogen-bond donors (Lipinski definition) is 3. The second-order valence-corrected chi connectivity index (χ2v) is 11.1. The van der Waals surface area contributed by atoms with Gasteiger partial charge in [-0.15, -0.1) is 0 Å². The zero-order valence-corrected chi connectivity index (χ0v) is 21.8. The maximum absolute atomic E-state index is 11.7. The van der Waals surface area contributed by atoms with E-state index >= 15 is 0 Å². The van der Waals surface area contributed by atoms with Crippen LogP contribution in [0.5, 0.6) is 17.5 Å². The van der Waals surface area contributed by atoms with Crippen molar-refractivity contribution in [2.75, 3.05) is 6.61 Å². The highest BCUT2D eigenvalue weighted by molar-refractivity contribution is 5.95. The molecule has 0 amide bonds. The number of nitriles is 1. The smallest absolute Gasteiger partial charge is 0.205 e. The van der Waals surface area contributed by atoms with Crippen molar-refractivity contribution in [3.8, 4) is 29.3 Å². The van der Waals surface area contributed by atoms with Crippen LogP contribution in [0.4, 0.5) is 0 Å². The molecule has 198 valence electrons. The first-order valence-electron chi connectivity index (χ1n) is 13.6.